The summed E-state index contributed by atoms with van der Waals surface area (Å²) in [5, 5.41) is 0. The van der Waals surface area contributed by atoms with Gasteiger partial charge in [0, 0.05) is 28.8 Å². The summed E-state index contributed by atoms with van der Waals surface area (Å²) in [4.78, 5) is 0. The maximum Gasteiger partial charge on any atom is 0.131 e. The van der Waals surface area contributed by atoms with Crippen molar-refractivity contribution in [3.8, 4) is 11.1 Å². The fraction of sp³-hybridized carbons (Fsp3) is 0.0833. The minimum absolute atomic E-state index is 0.00465. The van der Waals surface area contributed by atoms with Crippen molar-refractivity contribution in [3.63, 3.8) is 0 Å². The molecule has 0 bridgehead atoms. The van der Waals surface area contributed by atoms with Crippen LogP contribution >= 0.6 is 0 Å². The molecule has 0 aliphatic heterocycles. The van der Waals surface area contributed by atoms with Gasteiger partial charge in [-0.15, -0.1) is 0 Å². The molecule has 1 aliphatic carbocycles. The molecule has 2 nitrogen and oxygen atoms in total. The van der Waals surface area contributed by atoms with Crippen LogP contribution in [-0.4, -0.2) is 0 Å². The summed E-state index contributed by atoms with van der Waals surface area (Å²) in [6.45, 7) is 0. The Hall–Kier alpha value is -3.38. The molecule has 0 radical (unpaired) electrons. The lowest BCUT2D eigenvalue weighted by molar-refractivity contribution is 0.370. The Bertz CT molecular complexity index is 1170. The highest BCUT2D eigenvalue weighted by Gasteiger charge is 2.38. The monoisotopic (exact) mass is 410 g/mol. The molecular formula is C24H18F4N2. The summed E-state index contributed by atoms with van der Waals surface area (Å²) in [5.41, 5.74) is 10.6. The summed E-state index contributed by atoms with van der Waals surface area (Å²) < 4.78 is 59.5. The van der Waals surface area contributed by atoms with Gasteiger partial charge in [-0.1, -0.05) is 42.5 Å². The maximum atomic E-state index is 15.0. The molecule has 1 unspecified atom stereocenters. The Morgan fingerprint density at radius 2 is 1.37 bits per heavy atom. The quantitative estimate of drug-likeness (QED) is 0.411. The van der Waals surface area contributed by atoms with Crippen molar-refractivity contribution in [3.05, 3.63) is 107 Å². The SMILES string of the molecule is Nc1ccc(-c2cc(F)c(C3=C(F)CC(N)(c4ccccc4)C(F)=C3)cc2F)cc1. The third-order valence-corrected chi connectivity index (χ3v) is 5.28. The number of nitrogens with two attached hydrogens (primary N) is 2. The first-order chi connectivity index (χ1) is 14.3. The lowest BCUT2D eigenvalue weighted by Crippen LogP contribution is -2.39. The molecule has 30 heavy (non-hydrogen) atoms. The smallest absolute Gasteiger partial charge is 0.131 e. The Kier molecular flexibility index (Phi) is 4.95. The molecule has 1 atom stereocenters. The molecule has 0 spiro atoms. The first kappa shape index (κ1) is 19.9. The molecule has 3 aromatic carbocycles. The van der Waals surface area contributed by atoms with Crippen molar-refractivity contribution in [2.75, 3.05) is 5.73 Å². The number of allylic oxidation sites excluding steroid dienone is 2. The third kappa shape index (κ3) is 3.39. The van der Waals surface area contributed by atoms with Gasteiger partial charge < -0.3 is 11.5 Å². The Labute approximate surface area is 171 Å². The average Bonchev–Trinajstić information content (AvgIpc) is 2.73. The van der Waals surface area contributed by atoms with E-state index in [4.69, 9.17) is 11.5 Å². The zero-order valence-corrected chi connectivity index (χ0v) is 15.8. The van der Waals surface area contributed by atoms with Gasteiger partial charge in [0.1, 0.15) is 23.3 Å². The predicted octanol–water partition coefficient (Wildman–Crippen LogP) is 6.01. The molecule has 4 rings (SSSR count). The average molecular weight is 410 g/mol. The first-order valence-corrected chi connectivity index (χ1v) is 9.25. The Morgan fingerprint density at radius 3 is 2.03 bits per heavy atom. The molecular weight excluding hydrogens is 392 g/mol. The Morgan fingerprint density at radius 1 is 0.767 bits per heavy atom. The van der Waals surface area contributed by atoms with E-state index in [-0.39, 0.29) is 16.7 Å². The lowest BCUT2D eigenvalue weighted by atomic mass is 9.80. The van der Waals surface area contributed by atoms with Gasteiger partial charge in [-0.2, -0.15) is 0 Å². The second-order valence-electron chi connectivity index (χ2n) is 7.26. The summed E-state index contributed by atoms with van der Waals surface area (Å²) in [7, 11) is 0. The molecule has 1 aliphatic rings. The molecule has 3 aromatic rings. The van der Waals surface area contributed by atoms with Crippen molar-refractivity contribution < 1.29 is 17.6 Å². The molecule has 0 aromatic heterocycles. The van der Waals surface area contributed by atoms with E-state index >= 15 is 0 Å². The predicted molar refractivity (Wildman–Crippen MR) is 110 cm³/mol. The minimum atomic E-state index is -1.70. The topological polar surface area (TPSA) is 52.0 Å². The molecule has 152 valence electrons. The normalized spacial score (nSPS) is 19.0. The van der Waals surface area contributed by atoms with Gasteiger partial charge in [0.15, 0.2) is 0 Å². The molecule has 6 heteroatoms. The first-order valence-electron chi connectivity index (χ1n) is 9.25. The van der Waals surface area contributed by atoms with Crippen molar-refractivity contribution >= 4 is 11.3 Å². The van der Waals surface area contributed by atoms with Crippen LogP contribution in [0.2, 0.25) is 0 Å². The number of benzene rings is 3. The molecule has 0 saturated carbocycles. The summed E-state index contributed by atoms with van der Waals surface area (Å²) in [6, 6.07) is 16.3. The minimum Gasteiger partial charge on any atom is -0.399 e. The van der Waals surface area contributed by atoms with E-state index in [9.17, 15) is 17.6 Å². The van der Waals surface area contributed by atoms with Crippen molar-refractivity contribution in [1.82, 2.24) is 0 Å². The number of rotatable bonds is 3. The number of nitrogen functional groups attached to an aromatic ring is 1. The van der Waals surface area contributed by atoms with Crippen LogP contribution in [0, 0.1) is 11.6 Å². The largest absolute Gasteiger partial charge is 0.399 e. The standard InChI is InChI=1S/C24H18F4N2/c25-20-11-18(21(26)10-17(20)14-6-8-16(29)9-7-14)19-12-23(28)24(30,13-22(19)27)15-4-2-1-3-5-15/h1-12H,13,29-30H2. The van der Waals surface area contributed by atoms with Gasteiger partial charge in [-0.25, -0.2) is 17.6 Å². The number of halogens is 4. The van der Waals surface area contributed by atoms with Gasteiger partial charge in [0.05, 0.1) is 5.54 Å². The molecule has 0 saturated heterocycles. The van der Waals surface area contributed by atoms with Crippen LogP contribution in [0.3, 0.4) is 0 Å². The highest BCUT2D eigenvalue weighted by atomic mass is 19.1. The van der Waals surface area contributed by atoms with Crippen LogP contribution in [0.25, 0.3) is 16.7 Å². The van der Waals surface area contributed by atoms with Crippen LogP contribution in [0.15, 0.2) is 84.5 Å². The number of hydrogen-bond donors (Lipinski definition) is 2. The molecule has 0 fully saturated rings. The zero-order chi connectivity index (χ0) is 21.5. The highest BCUT2D eigenvalue weighted by Crippen LogP contribution is 2.43. The van der Waals surface area contributed by atoms with Gasteiger partial charge in [-0.05, 0) is 41.5 Å². The van der Waals surface area contributed by atoms with E-state index in [0.717, 1.165) is 18.2 Å². The van der Waals surface area contributed by atoms with Crippen LogP contribution in [-0.2, 0) is 5.54 Å². The van der Waals surface area contributed by atoms with Gasteiger partial charge >= 0.3 is 0 Å². The van der Waals surface area contributed by atoms with Crippen molar-refractivity contribution in [1.29, 1.82) is 0 Å². The van der Waals surface area contributed by atoms with Crippen LogP contribution < -0.4 is 11.5 Å². The fourth-order valence-electron chi connectivity index (χ4n) is 3.59. The molecule has 0 heterocycles. The Balaban J connectivity index is 1.75. The van der Waals surface area contributed by atoms with Crippen LogP contribution in [0.1, 0.15) is 17.5 Å². The molecule has 4 N–H and O–H groups in total. The van der Waals surface area contributed by atoms with E-state index in [2.05, 4.69) is 0 Å². The molecule has 0 amide bonds. The lowest BCUT2D eigenvalue weighted by Gasteiger charge is -2.31. The summed E-state index contributed by atoms with van der Waals surface area (Å²) >= 11 is 0. The van der Waals surface area contributed by atoms with E-state index in [0.29, 0.717) is 16.8 Å². The fourth-order valence-corrected chi connectivity index (χ4v) is 3.59. The van der Waals surface area contributed by atoms with Gasteiger partial charge in [0.2, 0.25) is 0 Å². The maximum absolute atomic E-state index is 15.0. The van der Waals surface area contributed by atoms with E-state index in [1.54, 1.807) is 54.6 Å². The van der Waals surface area contributed by atoms with Crippen LogP contribution in [0.4, 0.5) is 23.2 Å². The van der Waals surface area contributed by atoms with E-state index in [1.165, 1.54) is 0 Å². The number of hydrogen-bond acceptors (Lipinski definition) is 2. The highest BCUT2D eigenvalue weighted by molar-refractivity contribution is 5.80. The summed E-state index contributed by atoms with van der Waals surface area (Å²) in [6.07, 6.45) is 0.335. The van der Waals surface area contributed by atoms with E-state index in [1.807, 2.05) is 0 Å². The second kappa shape index (κ2) is 7.46. The second-order valence-corrected chi connectivity index (χ2v) is 7.26. The van der Waals surface area contributed by atoms with E-state index < -0.39 is 35.2 Å². The van der Waals surface area contributed by atoms with Crippen LogP contribution in [0.5, 0.6) is 0 Å². The summed E-state index contributed by atoms with van der Waals surface area (Å²) in [5.74, 6) is -3.28. The van der Waals surface area contributed by atoms with Crippen molar-refractivity contribution in [2.45, 2.75) is 12.0 Å². The van der Waals surface area contributed by atoms with Gasteiger partial charge in [-0.3, -0.25) is 0 Å². The third-order valence-electron chi connectivity index (χ3n) is 5.28. The van der Waals surface area contributed by atoms with Gasteiger partial charge in [0.25, 0.3) is 0 Å². The van der Waals surface area contributed by atoms with Crippen molar-refractivity contribution in [2.24, 2.45) is 5.73 Å². The zero-order valence-electron chi connectivity index (χ0n) is 15.8. The number of anilines is 1.